The van der Waals surface area contributed by atoms with E-state index in [1.807, 2.05) is 16.8 Å². The van der Waals surface area contributed by atoms with Crippen molar-refractivity contribution >= 4 is 22.9 Å². The van der Waals surface area contributed by atoms with Crippen LogP contribution in [0.25, 0.3) is 0 Å². The highest BCUT2D eigenvalue weighted by Crippen LogP contribution is 2.32. The van der Waals surface area contributed by atoms with E-state index in [2.05, 4.69) is 5.32 Å². The number of hydrogen-bond acceptors (Lipinski definition) is 3. The number of hydrogen-bond donors (Lipinski definition) is 2. The van der Waals surface area contributed by atoms with Crippen molar-refractivity contribution in [2.24, 2.45) is 0 Å². The summed E-state index contributed by atoms with van der Waals surface area (Å²) in [6.07, 6.45) is 3.79. The summed E-state index contributed by atoms with van der Waals surface area (Å²) in [6.45, 7) is 0. The molecule has 0 aromatic carbocycles. The number of carbonyl (C=O) groups excluding carboxylic acids is 1. The lowest BCUT2D eigenvalue weighted by atomic mass is 9.98. The lowest BCUT2D eigenvalue weighted by Gasteiger charge is -2.20. The molecule has 2 rings (SSSR count). The fourth-order valence-corrected chi connectivity index (χ4v) is 2.64. The lowest BCUT2D eigenvalue weighted by Crippen LogP contribution is -2.30. The fourth-order valence-electron chi connectivity index (χ4n) is 2.05. The van der Waals surface area contributed by atoms with E-state index in [9.17, 15) is 9.90 Å². The maximum absolute atomic E-state index is 11.6. The zero-order chi connectivity index (χ0) is 10.7. The van der Waals surface area contributed by atoms with Gasteiger partial charge in [-0.3, -0.25) is 4.79 Å². The SMILES string of the molecule is O=C(CC1(O)CCCC1)Nc1ccsc1. The summed E-state index contributed by atoms with van der Waals surface area (Å²) in [5, 5.41) is 16.6. The molecule has 1 aliphatic carbocycles. The van der Waals surface area contributed by atoms with Crippen molar-refractivity contribution in [3.63, 3.8) is 0 Å². The van der Waals surface area contributed by atoms with Gasteiger partial charge in [0, 0.05) is 5.38 Å². The molecule has 1 aliphatic rings. The van der Waals surface area contributed by atoms with Gasteiger partial charge in [0.15, 0.2) is 0 Å². The van der Waals surface area contributed by atoms with Gasteiger partial charge in [0.05, 0.1) is 17.7 Å². The standard InChI is InChI=1S/C11H15NO2S/c13-10(12-9-3-6-15-8-9)7-11(14)4-1-2-5-11/h3,6,8,14H,1-2,4-5,7H2,(H,12,13). The van der Waals surface area contributed by atoms with Gasteiger partial charge in [-0.15, -0.1) is 0 Å². The average molecular weight is 225 g/mol. The van der Waals surface area contributed by atoms with Crippen LogP contribution in [0.2, 0.25) is 0 Å². The number of rotatable bonds is 3. The molecule has 0 spiro atoms. The van der Waals surface area contributed by atoms with Gasteiger partial charge in [-0.1, -0.05) is 12.8 Å². The van der Waals surface area contributed by atoms with E-state index in [0.29, 0.717) is 0 Å². The van der Waals surface area contributed by atoms with E-state index < -0.39 is 5.60 Å². The number of thiophene rings is 1. The van der Waals surface area contributed by atoms with Gasteiger partial charge in [0.2, 0.25) is 5.91 Å². The Labute approximate surface area is 93.1 Å². The van der Waals surface area contributed by atoms with Crippen molar-refractivity contribution < 1.29 is 9.90 Å². The van der Waals surface area contributed by atoms with E-state index in [1.54, 1.807) is 11.3 Å². The van der Waals surface area contributed by atoms with E-state index in [4.69, 9.17) is 0 Å². The van der Waals surface area contributed by atoms with Gasteiger partial charge in [0.25, 0.3) is 0 Å². The predicted octanol–water partition coefficient (Wildman–Crippen LogP) is 2.38. The molecular weight excluding hydrogens is 210 g/mol. The zero-order valence-electron chi connectivity index (χ0n) is 8.53. The van der Waals surface area contributed by atoms with E-state index in [1.165, 1.54) is 0 Å². The highest BCUT2D eigenvalue weighted by Gasteiger charge is 2.33. The minimum Gasteiger partial charge on any atom is -0.389 e. The third-order valence-corrected chi connectivity index (χ3v) is 3.51. The lowest BCUT2D eigenvalue weighted by molar-refractivity contribution is -0.120. The van der Waals surface area contributed by atoms with E-state index in [-0.39, 0.29) is 12.3 Å². The molecule has 0 atom stereocenters. The topological polar surface area (TPSA) is 49.3 Å². The first-order valence-electron chi connectivity index (χ1n) is 5.22. The smallest absolute Gasteiger partial charge is 0.227 e. The van der Waals surface area contributed by atoms with E-state index in [0.717, 1.165) is 31.4 Å². The molecule has 2 N–H and O–H groups in total. The van der Waals surface area contributed by atoms with Gasteiger partial charge in [-0.25, -0.2) is 0 Å². The second-order valence-electron chi connectivity index (χ2n) is 4.17. The molecule has 15 heavy (non-hydrogen) atoms. The monoisotopic (exact) mass is 225 g/mol. The predicted molar refractivity (Wildman–Crippen MR) is 61.0 cm³/mol. The van der Waals surface area contributed by atoms with E-state index >= 15 is 0 Å². The Morgan fingerprint density at radius 2 is 2.27 bits per heavy atom. The Bertz CT molecular complexity index is 328. The minimum atomic E-state index is -0.750. The molecule has 0 bridgehead atoms. The maximum Gasteiger partial charge on any atom is 0.227 e. The molecule has 1 fully saturated rings. The molecule has 1 aromatic heterocycles. The summed E-state index contributed by atoms with van der Waals surface area (Å²) in [4.78, 5) is 11.6. The Balaban J connectivity index is 1.87. The first kappa shape index (κ1) is 10.6. The maximum atomic E-state index is 11.6. The first-order chi connectivity index (χ1) is 7.18. The van der Waals surface area contributed by atoms with Crippen LogP contribution >= 0.6 is 11.3 Å². The molecule has 0 aliphatic heterocycles. The number of carbonyl (C=O) groups is 1. The normalized spacial score (nSPS) is 19.0. The molecule has 0 saturated heterocycles. The van der Waals surface area contributed by atoms with Crippen LogP contribution in [0.5, 0.6) is 0 Å². The van der Waals surface area contributed by atoms with Gasteiger partial charge in [0.1, 0.15) is 0 Å². The minimum absolute atomic E-state index is 0.0854. The molecule has 82 valence electrons. The highest BCUT2D eigenvalue weighted by atomic mass is 32.1. The van der Waals surface area contributed by atoms with Crippen molar-refractivity contribution in [3.05, 3.63) is 16.8 Å². The summed E-state index contributed by atoms with van der Waals surface area (Å²) < 4.78 is 0. The molecule has 4 heteroatoms. The Morgan fingerprint density at radius 3 is 2.87 bits per heavy atom. The van der Waals surface area contributed by atoms with Crippen LogP contribution in [0.15, 0.2) is 16.8 Å². The van der Waals surface area contributed by atoms with Crippen LogP contribution in [0.1, 0.15) is 32.1 Å². The first-order valence-corrected chi connectivity index (χ1v) is 6.17. The molecule has 3 nitrogen and oxygen atoms in total. The van der Waals surface area contributed by atoms with Crippen molar-refractivity contribution in [1.29, 1.82) is 0 Å². The Morgan fingerprint density at radius 1 is 1.53 bits per heavy atom. The Hall–Kier alpha value is -0.870. The van der Waals surface area contributed by atoms with Crippen molar-refractivity contribution in [1.82, 2.24) is 0 Å². The molecule has 1 heterocycles. The van der Waals surface area contributed by atoms with Crippen molar-refractivity contribution in [3.8, 4) is 0 Å². The summed E-state index contributed by atoms with van der Waals surface area (Å²) in [5.74, 6) is -0.0854. The number of nitrogens with one attached hydrogen (secondary N) is 1. The number of anilines is 1. The van der Waals surface area contributed by atoms with Gasteiger partial charge in [-0.2, -0.15) is 11.3 Å². The van der Waals surface area contributed by atoms with Crippen LogP contribution in [-0.4, -0.2) is 16.6 Å². The van der Waals surface area contributed by atoms with Crippen molar-refractivity contribution in [2.45, 2.75) is 37.7 Å². The second-order valence-corrected chi connectivity index (χ2v) is 4.95. The third kappa shape index (κ3) is 2.79. The van der Waals surface area contributed by atoms with Crippen LogP contribution in [-0.2, 0) is 4.79 Å². The number of amides is 1. The molecule has 1 amide bonds. The quantitative estimate of drug-likeness (QED) is 0.829. The van der Waals surface area contributed by atoms with Crippen LogP contribution in [0, 0.1) is 0 Å². The zero-order valence-corrected chi connectivity index (χ0v) is 9.35. The Kier molecular flexibility index (Phi) is 3.07. The van der Waals surface area contributed by atoms with Crippen LogP contribution < -0.4 is 5.32 Å². The van der Waals surface area contributed by atoms with Crippen molar-refractivity contribution in [2.75, 3.05) is 5.32 Å². The highest BCUT2D eigenvalue weighted by molar-refractivity contribution is 7.08. The van der Waals surface area contributed by atoms with Gasteiger partial charge < -0.3 is 10.4 Å². The molecule has 1 saturated carbocycles. The van der Waals surface area contributed by atoms with Crippen LogP contribution in [0.4, 0.5) is 5.69 Å². The number of aliphatic hydroxyl groups is 1. The summed E-state index contributed by atoms with van der Waals surface area (Å²) in [6, 6.07) is 1.86. The average Bonchev–Trinajstić information content (AvgIpc) is 2.76. The molecule has 0 radical (unpaired) electrons. The third-order valence-electron chi connectivity index (χ3n) is 2.83. The van der Waals surface area contributed by atoms with Gasteiger partial charge in [-0.05, 0) is 24.3 Å². The molecular formula is C11H15NO2S. The summed E-state index contributed by atoms with van der Waals surface area (Å²) in [5.41, 5.74) is 0.0757. The fraction of sp³-hybridized carbons (Fsp3) is 0.545. The second kappa shape index (κ2) is 4.33. The molecule has 1 aromatic rings. The summed E-state index contributed by atoms with van der Waals surface area (Å²) >= 11 is 1.55. The summed E-state index contributed by atoms with van der Waals surface area (Å²) in [7, 11) is 0. The molecule has 0 unspecified atom stereocenters. The van der Waals surface area contributed by atoms with Crippen LogP contribution in [0.3, 0.4) is 0 Å². The van der Waals surface area contributed by atoms with Gasteiger partial charge >= 0.3 is 0 Å². The largest absolute Gasteiger partial charge is 0.389 e.